The highest BCUT2D eigenvalue weighted by Crippen LogP contribution is 2.22. The number of ether oxygens (including phenoxy) is 2. The molecule has 0 heterocycles. The molecule has 0 fully saturated rings. The van der Waals surface area contributed by atoms with Crippen LogP contribution in [0.25, 0.3) is 0 Å². The molecule has 0 aromatic heterocycles. The van der Waals surface area contributed by atoms with E-state index in [-0.39, 0.29) is 5.91 Å². The van der Waals surface area contributed by atoms with E-state index in [1.54, 1.807) is 32.4 Å². The van der Waals surface area contributed by atoms with Crippen molar-refractivity contribution in [3.8, 4) is 11.5 Å². The molecule has 0 radical (unpaired) electrons. The van der Waals surface area contributed by atoms with E-state index < -0.39 is 0 Å². The predicted molar refractivity (Wildman–Crippen MR) is 77.1 cm³/mol. The normalized spacial score (nSPS) is 9.70. The molecular formula is C15H16N2O3. The number of hydrogen-bond donors (Lipinski definition) is 2. The number of hydrazine groups is 1. The van der Waals surface area contributed by atoms with Gasteiger partial charge in [-0.3, -0.25) is 15.6 Å². The van der Waals surface area contributed by atoms with Crippen LogP contribution in [0.3, 0.4) is 0 Å². The minimum atomic E-state index is -0.272. The Morgan fingerprint density at radius 1 is 0.950 bits per heavy atom. The van der Waals surface area contributed by atoms with Gasteiger partial charge in [-0.25, -0.2) is 0 Å². The number of rotatable bonds is 5. The van der Waals surface area contributed by atoms with Gasteiger partial charge in [-0.1, -0.05) is 18.2 Å². The van der Waals surface area contributed by atoms with E-state index >= 15 is 0 Å². The van der Waals surface area contributed by atoms with Crippen LogP contribution in [0, 0.1) is 0 Å². The molecule has 20 heavy (non-hydrogen) atoms. The smallest absolute Gasteiger partial charge is 0.269 e. The van der Waals surface area contributed by atoms with E-state index in [1.807, 2.05) is 30.3 Å². The minimum absolute atomic E-state index is 0.272. The van der Waals surface area contributed by atoms with Gasteiger partial charge in [-0.2, -0.15) is 0 Å². The minimum Gasteiger partial charge on any atom is -0.497 e. The van der Waals surface area contributed by atoms with Crippen molar-refractivity contribution in [1.29, 1.82) is 0 Å². The maximum Gasteiger partial charge on any atom is 0.269 e. The van der Waals surface area contributed by atoms with E-state index in [4.69, 9.17) is 9.47 Å². The summed E-state index contributed by atoms with van der Waals surface area (Å²) in [5, 5.41) is 0. The Bertz CT molecular complexity index is 563. The second-order valence-corrected chi connectivity index (χ2v) is 4.05. The van der Waals surface area contributed by atoms with Gasteiger partial charge in [0.2, 0.25) is 0 Å². The summed E-state index contributed by atoms with van der Waals surface area (Å²) >= 11 is 0. The van der Waals surface area contributed by atoms with E-state index in [0.29, 0.717) is 17.1 Å². The molecule has 0 bridgehead atoms. The van der Waals surface area contributed by atoms with Gasteiger partial charge in [0, 0.05) is 11.6 Å². The Kier molecular flexibility index (Phi) is 4.44. The molecule has 0 spiro atoms. The van der Waals surface area contributed by atoms with Crippen molar-refractivity contribution in [2.24, 2.45) is 0 Å². The van der Waals surface area contributed by atoms with Crippen LogP contribution < -0.4 is 20.3 Å². The van der Waals surface area contributed by atoms with Gasteiger partial charge in [0.25, 0.3) is 5.91 Å². The highest BCUT2D eigenvalue weighted by Gasteiger charge is 2.09. The molecule has 0 aliphatic heterocycles. The molecule has 0 saturated carbocycles. The van der Waals surface area contributed by atoms with Gasteiger partial charge in [0.15, 0.2) is 0 Å². The molecule has 2 rings (SSSR count). The van der Waals surface area contributed by atoms with E-state index in [2.05, 4.69) is 10.9 Å². The largest absolute Gasteiger partial charge is 0.497 e. The first-order valence-corrected chi connectivity index (χ1v) is 6.07. The number of benzene rings is 2. The average Bonchev–Trinajstić information content (AvgIpc) is 2.52. The van der Waals surface area contributed by atoms with Gasteiger partial charge in [0.05, 0.1) is 19.9 Å². The lowest BCUT2D eigenvalue weighted by molar-refractivity contribution is 0.0962. The van der Waals surface area contributed by atoms with Crippen molar-refractivity contribution in [1.82, 2.24) is 5.43 Å². The van der Waals surface area contributed by atoms with Crippen molar-refractivity contribution in [3.63, 3.8) is 0 Å². The first-order chi connectivity index (χ1) is 9.72. The number of para-hydroxylation sites is 1. The lowest BCUT2D eigenvalue weighted by Gasteiger charge is -2.10. The predicted octanol–water partition coefficient (Wildman–Crippen LogP) is 2.46. The number of anilines is 1. The Labute approximate surface area is 117 Å². The molecule has 2 aromatic carbocycles. The number of carbonyl (C=O) groups excluding carboxylic acids is 1. The fourth-order valence-corrected chi connectivity index (χ4v) is 1.66. The van der Waals surface area contributed by atoms with Crippen LogP contribution in [0.4, 0.5) is 5.69 Å². The number of nitrogens with one attached hydrogen (secondary N) is 2. The van der Waals surface area contributed by atoms with Gasteiger partial charge in [-0.15, -0.1) is 0 Å². The van der Waals surface area contributed by atoms with Crippen molar-refractivity contribution < 1.29 is 14.3 Å². The highest BCUT2D eigenvalue weighted by atomic mass is 16.5. The van der Waals surface area contributed by atoms with Crippen molar-refractivity contribution in [2.45, 2.75) is 0 Å². The molecule has 5 heteroatoms. The third kappa shape index (κ3) is 3.41. The number of methoxy groups -OCH3 is 2. The van der Waals surface area contributed by atoms with Crippen LogP contribution in [-0.4, -0.2) is 20.1 Å². The Morgan fingerprint density at radius 3 is 2.10 bits per heavy atom. The molecular weight excluding hydrogens is 256 g/mol. The van der Waals surface area contributed by atoms with Crippen LogP contribution in [0.5, 0.6) is 11.5 Å². The summed E-state index contributed by atoms with van der Waals surface area (Å²) in [6, 6.07) is 14.4. The lowest BCUT2D eigenvalue weighted by atomic mass is 10.2. The van der Waals surface area contributed by atoms with Gasteiger partial charge in [-0.05, 0) is 24.3 Å². The molecule has 0 aliphatic carbocycles. The maximum absolute atomic E-state index is 12.1. The summed E-state index contributed by atoms with van der Waals surface area (Å²) in [5.74, 6) is 0.856. The molecule has 2 N–H and O–H groups in total. The van der Waals surface area contributed by atoms with Crippen molar-refractivity contribution in [2.75, 3.05) is 19.6 Å². The topological polar surface area (TPSA) is 59.6 Å². The molecule has 104 valence electrons. The summed E-state index contributed by atoms with van der Waals surface area (Å²) < 4.78 is 10.3. The summed E-state index contributed by atoms with van der Waals surface area (Å²) in [5.41, 5.74) is 6.70. The third-order valence-corrected chi connectivity index (χ3v) is 2.71. The van der Waals surface area contributed by atoms with Gasteiger partial charge < -0.3 is 9.47 Å². The van der Waals surface area contributed by atoms with Crippen LogP contribution in [0.15, 0.2) is 48.5 Å². The van der Waals surface area contributed by atoms with E-state index in [0.717, 1.165) is 5.69 Å². The number of carbonyl (C=O) groups is 1. The second-order valence-electron chi connectivity index (χ2n) is 4.05. The fourth-order valence-electron chi connectivity index (χ4n) is 1.66. The quantitative estimate of drug-likeness (QED) is 0.821. The van der Waals surface area contributed by atoms with E-state index in [9.17, 15) is 4.79 Å². The number of hydrogen-bond acceptors (Lipinski definition) is 4. The highest BCUT2D eigenvalue weighted by molar-refractivity contribution is 5.95. The van der Waals surface area contributed by atoms with Crippen molar-refractivity contribution >= 4 is 11.6 Å². The molecule has 0 unspecified atom stereocenters. The standard InChI is InChI=1S/C15H16N2O3/c1-19-13-8-11(9-14(10-13)20-2)15(18)17-16-12-6-4-3-5-7-12/h3-10,16H,1-2H3,(H,17,18). The molecule has 0 atom stereocenters. The van der Waals surface area contributed by atoms with Crippen LogP contribution >= 0.6 is 0 Å². The van der Waals surface area contributed by atoms with Crippen molar-refractivity contribution in [3.05, 3.63) is 54.1 Å². The molecule has 0 aliphatic rings. The van der Waals surface area contributed by atoms with E-state index in [1.165, 1.54) is 0 Å². The third-order valence-electron chi connectivity index (χ3n) is 2.71. The molecule has 2 aromatic rings. The lowest BCUT2D eigenvalue weighted by Crippen LogP contribution is -2.29. The van der Waals surface area contributed by atoms with Gasteiger partial charge >= 0.3 is 0 Å². The summed E-state index contributed by atoms with van der Waals surface area (Å²) in [6.45, 7) is 0. The molecule has 0 saturated heterocycles. The van der Waals surface area contributed by atoms with Crippen LogP contribution in [-0.2, 0) is 0 Å². The fraction of sp³-hybridized carbons (Fsp3) is 0.133. The number of amides is 1. The summed E-state index contributed by atoms with van der Waals surface area (Å²) in [4.78, 5) is 12.1. The zero-order valence-corrected chi connectivity index (χ0v) is 11.3. The SMILES string of the molecule is COc1cc(OC)cc(C(=O)NNc2ccccc2)c1. The zero-order chi connectivity index (χ0) is 14.4. The Hall–Kier alpha value is -2.69. The first-order valence-electron chi connectivity index (χ1n) is 6.07. The summed E-state index contributed by atoms with van der Waals surface area (Å²) in [6.07, 6.45) is 0. The molecule has 1 amide bonds. The Morgan fingerprint density at radius 2 is 1.55 bits per heavy atom. The second kappa shape index (κ2) is 6.47. The van der Waals surface area contributed by atoms with Gasteiger partial charge in [0.1, 0.15) is 11.5 Å². The monoisotopic (exact) mass is 272 g/mol. The molecule has 5 nitrogen and oxygen atoms in total. The first kappa shape index (κ1) is 13.7. The zero-order valence-electron chi connectivity index (χ0n) is 11.3. The van der Waals surface area contributed by atoms with Crippen LogP contribution in [0.1, 0.15) is 10.4 Å². The maximum atomic E-state index is 12.1. The average molecular weight is 272 g/mol. The Balaban J connectivity index is 2.08. The summed E-state index contributed by atoms with van der Waals surface area (Å²) in [7, 11) is 3.08. The van der Waals surface area contributed by atoms with Crippen LogP contribution in [0.2, 0.25) is 0 Å².